The van der Waals surface area contributed by atoms with Crippen LogP contribution in [0.3, 0.4) is 0 Å². The van der Waals surface area contributed by atoms with Crippen LogP contribution < -0.4 is 11.1 Å². The lowest BCUT2D eigenvalue weighted by Gasteiger charge is -2.10. The molecule has 5 nitrogen and oxygen atoms in total. The Morgan fingerprint density at radius 1 is 0.926 bits per heavy atom. The van der Waals surface area contributed by atoms with E-state index in [9.17, 15) is 14.4 Å². The van der Waals surface area contributed by atoms with E-state index in [4.69, 9.17) is 5.73 Å². The molecule has 0 fully saturated rings. The van der Waals surface area contributed by atoms with Gasteiger partial charge in [0.25, 0.3) is 0 Å². The fourth-order valence-corrected chi connectivity index (χ4v) is 2.67. The molecule has 0 atom stereocenters. The van der Waals surface area contributed by atoms with E-state index in [1.54, 1.807) is 55.5 Å². The van der Waals surface area contributed by atoms with Crippen molar-refractivity contribution in [2.45, 2.75) is 26.2 Å². The van der Waals surface area contributed by atoms with Crippen molar-refractivity contribution < 1.29 is 14.4 Å². The highest BCUT2D eigenvalue weighted by atomic mass is 16.2. The van der Waals surface area contributed by atoms with E-state index < -0.39 is 0 Å². The van der Waals surface area contributed by atoms with Crippen molar-refractivity contribution in [2.75, 3.05) is 12.3 Å². The fourth-order valence-electron chi connectivity index (χ4n) is 2.67. The summed E-state index contributed by atoms with van der Waals surface area (Å²) in [4.78, 5) is 36.8. The summed E-state index contributed by atoms with van der Waals surface area (Å²) in [5.74, 6) is -0.539. The second-order valence-corrected chi connectivity index (χ2v) is 6.38. The van der Waals surface area contributed by atoms with E-state index in [0.717, 1.165) is 0 Å². The van der Waals surface area contributed by atoms with Gasteiger partial charge in [-0.3, -0.25) is 14.4 Å². The van der Waals surface area contributed by atoms with Gasteiger partial charge in [-0.1, -0.05) is 43.0 Å². The van der Waals surface area contributed by atoms with E-state index in [-0.39, 0.29) is 17.5 Å². The van der Waals surface area contributed by atoms with Gasteiger partial charge >= 0.3 is 0 Å². The van der Waals surface area contributed by atoms with Gasteiger partial charge in [0.2, 0.25) is 5.91 Å². The molecule has 0 heterocycles. The molecule has 3 N–H and O–H groups in total. The number of para-hydroxylation sites is 1. The van der Waals surface area contributed by atoms with E-state index in [0.29, 0.717) is 53.8 Å². The van der Waals surface area contributed by atoms with Crippen molar-refractivity contribution in [1.29, 1.82) is 0 Å². The number of ketones is 2. The number of unbranched alkanes of at least 4 members (excludes halogenated alkanes) is 1. The number of nitrogens with two attached hydrogens (primary N) is 1. The smallest absolute Gasteiger partial charge is 0.246 e. The quantitative estimate of drug-likeness (QED) is 0.308. The molecule has 27 heavy (non-hydrogen) atoms. The molecule has 0 aliphatic heterocycles. The molecule has 0 unspecified atom stereocenters. The van der Waals surface area contributed by atoms with Gasteiger partial charge < -0.3 is 11.1 Å². The minimum Gasteiger partial charge on any atom is -0.398 e. The van der Waals surface area contributed by atoms with E-state index in [2.05, 4.69) is 11.9 Å². The lowest BCUT2D eigenvalue weighted by molar-refractivity contribution is -0.117. The molecule has 5 heteroatoms. The molecule has 2 aromatic rings. The molecule has 2 rings (SSSR count). The Labute approximate surface area is 159 Å². The standard InChI is InChI=1S/C22H24N2O3/c1-15(2)22(27)24-14-8-7-13-20(25)16-9-3-4-10-17(16)21(26)18-11-5-6-12-19(18)23/h3-6,9-12H,1,7-8,13-14,23H2,2H3,(H,24,27). The molecule has 140 valence electrons. The highest BCUT2D eigenvalue weighted by Crippen LogP contribution is 2.20. The van der Waals surface area contributed by atoms with Crippen molar-refractivity contribution in [3.8, 4) is 0 Å². The number of anilines is 1. The second-order valence-electron chi connectivity index (χ2n) is 6.38. The highest BCUT2D eigenvalue weighted by molar-refractivity contribution is 6.17. The summed E-state index contributed by atoms with van der Waals surface area (Å²) in [5, 5.41) is 2.74. The number of nitrogens with one attached hydrogen (secondary N) is 1. The molecular formula is C22H24N2O3. The van der Waals surface area contributed by atoms with Crippen LogP contribution in [0.1, 0.15) is 52.5 Å². The highest BCUT2D eigenvalue weighted by Gasteiger charge is 2.19. The summed E-state index contributed by atoms with van der Waals surface area (Å²) in [6.45, 7) is 5.70. The molecule has 0 aliphatic carbocycles. The topological polar surface area (TPSA) is 89.3 Å². The van der Waals surface area contributed by atoms with E-state index in [1.807, 2.05) is 0 Å². The Bertz CT molecular complexity index is 871. The SMILES string of the molecule is C=C(C)C(=O)NCCCCC(=O)c1ccccc1C(=O)c1ccccc1N. The van der Waals surface area contributed by atoms with Crippen LogP contribution in [0.2, 0.25) is 0 Å². The number of rotatable bonds is 9. The van der Waals surface area contributed by atoms with Crippen LogP contribution in [-0.4, -0.2) is 24.0 Å². The Balaban J connectivity index is 2.01. The minimum absolute atomic E-state index is 0.0975. The van der Waals surface area contributed by atoms with Crippen LogP contribution in [0.25, 0.3) is 0 Å². The van der Waals surface area contributed by atoms with Crippen molar-refractivity contribution in [3.05, 3.63) is 77.4 Å². The van der Waals surface area contributed by atoms with Crippen molar-refractivity contribution in [1.82, 2.24) is 5.32 Å². The fraction of sp³-hybridized carbons (Fsp3) is 0.227. The number of Topliss-reactive ketones (excluding diaryl/α,β-unsaturated/α-hetero) is 1. The number of benzene rings is 2. The zero-order valence-corrected chi connectivity index (χ0v) is 15.5. The lowest BCUT2D eigenvalue weighted by Crippen LogP contribution is -2.24. The Hall–Kier alpha value is -3.21. The van der Waals surface area contributed by atoms with Gasteiger partial charge in [0.05, 0.1) is 0 Å². The summed E-state index contributed by atoms with van der Waals surface area (Å²) >= 11 is 0. The second kappa shape index (κ2) is 9.48. The van der Waals surface area contributed by atoms with Crippen LogP contribution in [0, 0.1) is 0 Å². The monoisotopic (exact) mass is 364 g/mol. The Morgan fingerprint density at radius 3 is 2.15 bits per heavy atom. The molecule has 0 aliphatic rings. The van der Waals surface area contributed by atoms with Crippen molar-refractivity contribution in [2.24, 2.45) is 0 Å². The third kappa shape index (κ3) is 5.38. The zero-order valence-electron chi connectivity index (χ0n) is 15.5. The number of carbonyl (C=O) groups excluding carboxylic acids is 3. The zero-order chi connectivity index (χ0) is 19.8. The van der Waals surface area contributed by atoms with Crippen molar-refractivity contribution in [3.63, 3.8) is 0 Å². The van der Waals surface area contributed by atoms with Gasteiger partial charge in [-0.25, -0.2) is 0 Å². The molecule has 0 saturated carbocycles. The molecule has 0 aromatic heterocycles. The van der Waals surface area contributed by atoms with E-state index in [1.165, 1.54) is 0 Å². The summed E-state index contributed by atoms with van der Waals surface area (Å²) in [5.41, 5.74) is 7.89. The number of hydrogen-bond donors (Lipinski definition) is 2. The molecular weight excluding hydrogens is 340 g/mol. The molecule has 2 aromatic carbocycles. The first-order chi connectivity index (χ1) is 12.9. The molecule has 1 amide bonds. The molecule has 0 spiro atoms. The van der Waals surface area contributed by atoms with Gasteiger partial charge in [0, 0.05) is 40.9 Å². The van der Waals surface area contributed by atoms with Crippen LogP contribution in [0.4, 0.5) is 5.69 Å². The Kier molecular flexibility index (Phi) is 7.06. The predicted molar refractivity (Wildman–Crippen MR) is 107 cm³/mol. The first-order valence-electron chi connectivity index (χ1n) is 8.87. The van der Waals surface area contributed by atoms with Gasteiger partial charge in [-0.2, -0.15) is 0 Å². The first-order valence-corrected chi connectivity index (χ1v) is 8.87. The molecule has 0 radical (unpaired) electrons. The molecule has 0 bridgehead atoms. The minimum atomic E-state index is -0.259. The maximum atomic E-state index is 12.8. The summed E-state index contributed by atoms with van der Waals surface area (Å²) < 4.78 is 0. The number of nitrogen functional groups attached to an aromatic ring is 1. The Morgan fingerprint density at radius 2 is 1.52 bits per heavy atom. The van der Waals surface area contributed by atoms with Crippen molar-refractivity contribution >= 4 is 23.2 Å². The summed E-state index contributed by atoms with van der Waals surface area (Å²) in [7, 11) is 0. The third-order valence-electron chi connectivity index (χ3n) is 4.18. The normalized spacial score (nSPS) is 10.3. The number of hydrogen-bond acceptors (Lipinski definition) is 4. The average Bonchev–Trinajstić information content (AvgIpc) is 2.67. The van der Waals surface area contributed by atoms with Crippen LogP contribution in [-0.2, 0) is 4.79 Å². The van der Waals surface area contributed by atoms with Gasteiger partial charge in [0.1, 0.15) is 0 Å². The van der Waals surface area contributed by atoms with Gasteiger partial charge in [-0.05, 0) is 31.9 Å². The predicted octanol–water partition coefficient (Wildman–Crippen LogP) is 3.55. The van der Waals surface area contributed by atoms with Gasteiger partial charge in [0.15, 0.2) is 11.6 Å². The average molecular weight is 364 g/mol. The van der Waals surface area contributed by atoms with Crippen LogP contribution in [0.15, 0.2) is 60.7 Å². The maximum Gasteiger partial charge on any atom is 0.246 e. The largest absolute Gasteiger partial charge is 0.398 e. The first kappa shape index (κ1) is 20.1. The van der Waals surface area contributed by atoms with Crippen LogP contribution in [0.5, 0.6) is 0 Å². The molecule has 0 saturated heterocycles. The maximum absolute atomic E-state index is 12.8. The van der Waals surface area contributed by atoms with Crippen LogP contribution >= 0.6 is 0 Å². The summed E-state index contributed by atoms with van der Waals surface area (Å²) in [6.07, 6.45) is 1.59. The lowest BCUT2D eigenvalue weighted by atomic mass is 9.93. The summed E-state index contributed by atoms with van der Waals surface area (Å²) in [6, 6.07) is 13.6. The third-order valence-corrected chi connectivity index (χ3v) is 4.18. The number of amides is 1. The number of carbonyl (C=O) groups is 3. The van der Waals surface area contributed by atoms with E-state index >= 15 is 0 Å². The van der Waals surface area contributed by atoms with Gasteiger partial charge in [-0.15, -0.1) is 0 Å².